The third-order valence-corrected chi connectivity index (χ3v) is 4.63. The van der Waals surface area contributed by atoms with Gasteiger partial charge in [-0.05, 0) is 38.1 Å². The summed E-state index contributed by atoms with van der Waals surface area (Å²) in [7, 11) is 4.11. The van der Waals surface area contributed by atoms with Crippen LogP contribution < -0.4 is 0 Å². The number of carbonyl (C=O) groups is 1. The van der Waals surface area contributed by atoms with Crippen molar-refractivity contribution >= 4 is 16.7 Å². The van der Waals surface area contributed by atoms with Crippen LogP contribution in [0.2, 0.25) is 0 Å². The number of Topliss-reactive ketones (excluding diaryl/α,β-unsaturated/α-hetero) is 1. The standard InChI is InChI=1S/C17H22N2O/c1-4-18(2)11-12-9-10-14-13-7-5-6-8-15(13)19(3)16(14)17(12)20/h5-8,12H,4,9-11H2,1-3H3. The Morgan fingerprint density at radius 3 is 2.85 bits per heavy atom. The first-order valence-corrected chi connectivity index (χ1v) is 7.42. The van der Waals surface area contributed by atoms with E-state index in [4.69, 9.17) is 0 Å². The predicted octanol–water partition coefficient (Wildman–Crippen LogP) is 2.88. The van der Waals surface area contributed by atoms with Crippen LogP contribution in [0, 0.1) is 5.92 Å². The minimum atomic E-state index is 0.149. The van der Waals surface area contributed by atoms with Crippen molar-refractivity contribution in [3.05, 3.63) is 35.5 Å². The van der Waals surface area contributed by atoms with Crippen LogP contribution >= 0.6 is 0 Å². The van der Waals surface area contributed by atoms with Crippen LogP contribution in [-0.2, 0) is 13.5 Å². The van der Waals surface area contributed by atoms with E-state index in [2.05, 4.69) is 41.6 Å². The Morgan fingerprint density at radius 1 is 1.35 bits per heavy atom. The second kappa shape index (κ2) is 5.06. The lowest BCUT2D eigenvalue weighted by atomic mass is 9.85. The summed E-state index contributed by atoms with van der Waals surface area (Å²) in [5.41, 5.74) is 3.37. The molecule has 0 radical (unpaired) electrons. The van der Waals surface area contributed by atoms with Gasteiger partial charge in [-0.2, -0.15) is 0 Å². The molecule has 1 aliphatic rings. The summed E-state index contributed by atoms with van der Waals surface area (Å²) in [5, 5.41) is 1.25. The molecule has 0 saturated heterocycles. The molecule has 1 heterocycles. The lowest BCUT2D eigenvalue weighted by molar-refractivity contribution is 0.0863. The summed E-state index contributed by atoms with van der Waals surface area (Å²) in [6, 6.07) is 8.35. The zero-order chi connectivity index (χ0) is 14.3. The van der Waals surface area contributed by atoms with Gasteiger partial charge in [0, 0.05) is 30.4 Å². The number of aromatic nitrogens is 1. The van der Waals surface area contributed by atoms with Crippen molar-refractivity contribution in [2.75, 3.05) is 20.1 Å². The monoisotopic (exact) mass is 270 g/mol. The maximum Gasteiger partial charge on any atom is 0.183 e. The second-order valence-electron chi connectivity index (χ2n) is 5.86. The summed E-state index contributed by atoms with van der Waals surface area (Å²) in [6.45, 7) is 4.00. The third kappa shape index (κ3) is 1.97. The van der Waals surface area contributed by atoms with Crippen LogP contribution in [0.4, 0.5) is 0 Å². The predicted molar refractivity (Wildman–Crippen MR) is 82.2 cm³/mol. The van der Waals surface area contributed by atoms with Crippen LogP contribution in [-0.4, -0.2) is 35.4 Å². The highest BCUT2D eigenvalue weighted by Crippen LogP contribution is 2.33. The van der Waals surface area contributed by atoms with Gasteiger partial charge in [0.25, 0.3) is 0 Å². The second-order valence-corrected chi connectivity index (χ2v) is 5.86. The first-order chi connectivity index (χ1) is 9.63. The molecule has 0 fully saturated rings. The molecule has 2 aromatic rings. The van der Waals surface area contributed by atoms with Crippen LogP contribution in [0.15, 0.2) is 24.3 Å². The van der Waals surface area contributed by atoms with Crippen molar-refractivity contribution in [1.82, 2.24) is 9.47 Å². The van der Waals surface area contributed by atoms with Crippen molar-refractivity contribution in [3.8, 4) is 0 Å². The average Bonchev–Trinajstić information content (AvgIpc) is 2.76. The van der Waals surface area contributed by atoms with E-state index in [-0.39, 0.29) is 5.92 Å². The highest BCUT2D eigenvalue weighted by atomic mass is 16.1. The Balaban J connectivity index is 2.03. The number of rotatable bonds is 3. The van der Waals surface area contributed by atoms with E-state index in [0.29, 0.717) is 5.78 Å². The molecule has 3 heteroatoms. The lowest BCUT2D eigenvalue weighted by Gasteiger charge is -2.26. The number of fused-ring (bicyclic) bond motifs is 3. The first-order valence-electron chi connectivity index (χ1n) is 7.42. The molecule has 0 amide bonds. The lowest BCUT2D eigenvalue weighted by Crippen LogP contribution is -2.34. The molecule has 106 valence electrons. The number of nitrogens with zero attached hydrogens (tertiary/aromatic N) is 2. The van der Waals surface area contributed by atoms with Gasteiger partial charge in [-0.15, -0.1) is 0 Å². The molecule has 0 N–H and O–H groups in total. The Labute approximate surface area is 120 Å². The fourth-order valence-corrected chi connectivity index (χ4v) is 3.36. The van der Waals surface area contributed by atoms with Crippen LogP contribution in [0.3, 0.4) is 0 Å². The fraction of sp³-hybridized carbons (Fsp3) is 0.471. The topological polar surface area (TPSA) is 25.2 Å². The van der Waals surface area contributed by atoms with Crippen LogP contribution in [0.1, 0.15) is 29.4 Å². The van der Waals surface area contributed by atoms with Crippen molar-refractivity contribution in [1.29, 1.82) is 0 Å². The van der Waals surface area contributed by atoms with E-state index in [1.807, 2.05) is 13.1 Å². The smallest absolute Gasteiger partial charge is 0.183 e. The minimum absolute atomic E-state index is 0.149. The van der Waals surface area contributed by atoms with Gasteiger partial charge in [0.2, 0.25) is 0 Å². The number of carbonyl (C=O) groups excluding carboxylic acids is 1. The molecular weight excluding hydrogens is 248 g/mol. The summed E-state index contributed by atoms with van der Waals surface area (Å²) < 4.78 is 2.09. The quantitative estimate of drug-likeness (QED) is 0.857. The number of ketones is 1. The molecule has 1 atom stereocenters. The van der Waals surface area contributed by atoms with Crippen molar-refractivity contribution < 1.29 is 4.79 Å². The molecule has 0 aliphatic heterocycles. The number of benzene rings is 1. The molecule has 1 aromatic heterocycles. The van der Waals surface area contributed by atoms with Gasteiger partial charge in [-0.3, -0.25) is 4.79 Å². The Hall–Kier alpha value is -1.61. The minimum Gasteiger partial charge on any atom is -0.341 e. The maximum absolute atomic E-state index is 12.8. The number of para-hydroxylation sites is 1. The van der Waals surface area contributed by atoms with Crippen LogP contribution in [0.25, 0.3) is 10.9 Å². The molecule has 3 nitrogen and oxygen atoms in total. The molecule has 1 aliphatic carbocycles. The highest BCUT2D eigenvalue weighted by Gasteiger charge is 2.32. The van der Waals surface area contributed by atoms with Gasteiger partial charge in [0.1, 0.15) is 0 Å². The van der Waals surface area contributed by atoms with E-state index >= 15 is 0 Å². The Morgan fingerprint density at radius 2 is 2.10 bits per heavy atom. The zero-order valence-corrected chi connectivity index (χ0v) is 12.5. The summed E-state index contributed by atoms with van der Waals surface area (Å²) in [6.07, 6.45) is 1.99. The molecule has 3 rings (SSSR count). The number of hydrogen-bond donors (Lipinski definition) is 0. The number of aryl methyl sites for hydroxylation is 2. The van der Waals surface area contributed by atoms with Crippen LogP contribution in [0.5, 0.6) is 0 Å². The fourth-order valence-electron chi connectivity index (χ4n) is 3.36. The SMILES string of the molecule is CCN(C)CC1CCc2c(n(C)c3ccccc23)C1=O. The first kappa shape index (κ1) is 13.4. The summed E-state index contributed by atoms with van der Waals surface area (Å²) >= 11 is 0. The van der Waals surface area contributed by atoms with Gasteiger partial charge in [0.15, 0.2) is 5.78 Å². The molecule has 1 aromatic carbocycles. The van der Waals surface area contributed by atoms with E-state index in [1.54, 1.807) is 0 Å². The van der Waals surface area contributed by atoms with Crippen molar-refractivity contribution in [2.45, 2.75) is 19.8 Å². The summed E-state index contributed by atoms with van der Waals surface area (Å²) in [5.74, 6) is 0.473. The largest absolute Gasteiger partial charge is 0.341 e. The van der Waals surface area contributed by atoms with E-state index in [9.17, 15) is 4.79 Å². The van der Waals surface area contributed by atoms with E-state index < -0.39 is 0 Å². The molecule has 20 heavy (non-hydrogen) atoms. The highest BCUT2D eigenvalue weighted by molar-refractivity contribution is 6.05. The van der Waals surface area contributed by atoms with Gasteiger partial charge < -0.3 is 9.47 Å². The van der Waals surface area contributed by atoms with Gasteiger partial charge >= 0.3 is 0 Å². The molecule has 0 bridgehead atoms. The Bertz CT molecular complexity index is 656. The average molecular weight is 270 g/mol. The van der Waals surface area contributed by atoms with Crippen molar-refractivity contribution in [3.63, 3.8) is 0 Å². The Kier molecular flexibility index (Phi) is 3.38. The van der Waals surface area contributed by atoms with Gasteiger partial charge in [0.05, 0.1) is 5.69 Å². The number of hydrogen-bond acceptors (Lipinski definition) is 2. The normalized spacial score (nSPS) is 18.8. The zero-order valence-electron chi connectivity index (χ0n) is 12.5. The van der Waals surface area contributed by atoms with Crippen molar-refractivity contribution in [2.24, 2.45) is 13.0 Å². The van der Waals surface area contributed by atoms with Gasteiger partial charge in [-0.1, -0.05) is 25.1 Å². The maximum atomic E-state index is 12.8. The molecule has 0 spiro atoms. The molecular formula is C17H22N2O. The molecule has 0 saturated carbocycles. The summed E-state index contributed by atoms with van der Waals surface area (Å²) in [4.78, 5) is 15.0. The van der Waals surface area contributed by atoms with E-state index in [0.717, 1.165) is 31.6 Å². The molecule has 1 unspecified atom stereocenters. The van der Waals surface area contributed by atoms with E-state index in [1.165, 1.54) is 16.5 Å². The van der Waals surface area contributed by atoms with Gasteiger partial charge in [-0.25, -0.2) is 0 Å². The third-order valence-electron chi connectivity index (χ3n) is 4.63.